The van der Waals surface area contributed by atoms with Gasteiger partial charge in [0.2, 0.25) is 0 Å². The third kappa shape index (κ3) is 3.40. The van der Waals surface area contributed by atoms with Gasteiger partial charge in [-0.3, -0.25) is 9.78 Å². The maximum atomic E-state index is 12.4. The molecule has 0 N–H and O–H groups in total. The van der Waals surface area contributed by atoms with Crippen molar-refractivity contribution in [3.63, 3.8) is 0 Å². The molecule has 0 atom stereocenters. The fourth-order valence-corrected chi connectivity index (χ4v) is 1.61. The number of ketones is 1. The lowest BCUT2D eigenvalue weighted by Crippen LogP contribution is -2.08. The Morgan fingerprint density at radius 2 is 1.74 bits per heavy atom. The molecule has 5 heteroatoms. The average molecular weight is 265 g/mol. The molecule has 0 spiro atoms. The molecule has 0 saturated heterocycles. The topological polar surface area (TPSA) is 30.0 Å². The number of Topliss-reactive ketones (excluding diaryl/α,β-unsaturated/α-hetero) is 1. The number of halogens is 3. The Balaban J connectivity index is 2.12. The molecule has 0 radical (unpaired) electrons. The Morgan fingerprint density at radius 3 is 2.26 bits per heavy atom. The van der Waals surface area contributed by atoms with E-state index >= 15 is 0 Å². The Labute approximate surface area is 107 Å². The molecule has 1 aromatic heterocycles. The van der Waals surface area contributed by atoms with Gasteiger partial charge in [-0.1, -0.05) is 18.2 Å². The van der Waals surface area contributed by atoms with Crippen molar-refractivity contribution >= 4 is 5.78 Å². The van der Waals surface area contributed by atoms with Crippen molar-refractivity contribution in [3.8, 4) is 0 Å². The molecule has 1 heterocycles. The molecule has 0 aliphatic rings. The SMILES string of the molecule is O=C(Cc1ccccn1)c1ccc(C(F)(F)F)cc1. The standard InChI is InChI=1S/C14H10F3NO/c15-14(16,17)11-6-4-10(5-7-11)13(19)9-12-3-1-2-8-18-12/h1-8H,9H2. The normalized spacial score (nSPS) is 11.3. The second kappa shape index (κ2) is 5.22. The van der Waals surface area contributed by atoms with Crippen molar-refractivity contribution in [2.45, 2.75) is 12.6 Å². The summed E-state index contributed by atoms with van der Waals surface area (Å²) in [5, 5.41) is 0. The molecule has 0 bridgehead atoms. The van der Waals surface area contributed by atoms with Gasteiger partial charge in [0, 0.05) is 17.5 Å². The Bertz CT molecular complexity index is 561. The lowest BCUT2D eigenvalue weighted by atomic mass is 10.0. The van der Waals surface area contributed by atoms with Crippen LogP contribution in [0.3, 0.4) is 0 Å². The quantitative estimate of drug-likeness (QED) is 0.795. The van der Waals surface area contributed by atoms with Crippen LogP contribution in [-0.2, 0) is 12.6 Å². The Morgan fingerprint density at radius 1 is 1.05 bits per heavy atom. The first-order valence-corrected chi connectivity index (χ1v) is 5.57. The average Bonchev–Trinajstić information content (AvgIpc) is 2.39. The fourth-order valence-electron chi connectivity index (χ4n) is 1.61. The van der Waals surface area contributed by atoms with E-state index in [1.54, 1.807) is 24.4 Å². The van der Waals surface area contributed by atoms with Gasteiger partial charge in [0.25, 0.3) is 0 Å². The van der Waals surface area contributed by atoms with Crippen LogP contribution in [0.15, 0.2) is 48.7 Å². The predicted molar refractivity (Wildman–Crippen MR) is 63.7 cm³/mol. The lowest BCUT2D eigenvalue weighted by Gasteiger charge is -2.07. The summed E-state index contributed by atoms with van der Waals surface area (Å²) in [5.41, 5.74) is 0.0768. The number of alkyl halides is 3. The van der Waals surface area contributed by atoms with Gasteiger partial charge in [0.05, 0.1) is 12.0 Å². The summed E-state index contributed by atoms with van der Waals surface area (Å²) >= 11 is 0. The molecule has 0 unspecified atom stereocenters. The summed E-state index contributed by atoms with van der Waals surface area (Å²) in [6.45, 7) is 0. The number of carbonyl (C=O) groups is 1. The Hall–Kier alpha value is -2.17. The zero-order valence-corrected chi connectivity index (χ0v) is 9.82. The number of hydrogen-bond acceptors (Lipinski definition) is 2. The molecule has 19 heavy (non-hydrogen) atoms. The number of nitrogens with zero attached hydrogens (tertiary/aromatic N) is 1. The zero-order valence-electron chi connectivity index (χ0n) is 9.82. The third-order valence-corrected chi connectivity index (χ3v) is 2.60. The molecular weight excluding hydrogens is 255 g/mol. The van der Waals surface area contributed by atoms with Gasteiger partial charge in [-0.05, 0) is 24.3 Å². The maximum absolute atomic E-state index is 12.4. The van der Waals surface area contributed by atoms with E-state index in [1.165, 1.54) is 12.1 Å². The minimum Gasteiger partial charge on any atom is -0.294 e. The summed E-state index contributed by atoms with van der Waals surface area (Å²) in [6, 6.07) is 9.37. The molecule has 0 saturated carbocycles. The fraction of sp³-hybridized carbons (Fsp3) is 0.143. The summed E-state index contributed by atoms with van der Waals surface area (Å²) in [7, 11) is 0. The lowest BCUT2D eigenvalue weighted by molar-refractivity contribution is -0.137. The van der Waals surface area contributed by atoms with Crippen LogP contribution in [0, 0.1) is 0 Å². The van der Waals surface area contributed by atoms with Crippen molar-refractivity contribution in [2.75, 3.05) is 0 Å². The van der Waals surface area contributed by atoms with Crippen molar-refractivity contribution in [3.05, 3.63) is 65.5 Å². The van der Waals surface area contributed by atoms with Crippen LogP contribution in [-0.4, -0.2) is 10.8 Å². The first-order chi connectivity index (χ1) is 8.97. The van der Waals surface area contributed by atoms with Crippen LogP contribution >= 0.6 is 0 Å². The van der Waals surface area contributed by atoms with Crippen molar-refractivity contribution in [2.24, 2.45) is 0 Å². The maximum Gasteiger partial charge on any atom is 0.416 e. The highest BCUT2D eigenvalue weighted by atomic mass is 19.4. The monoisotopic (exact) mass is 265 g/mol. The predicted octanol–water partition coefficient (Wildman–Crippen LogP) is 3.53. The van der Waals surface area contributed by atoms with E-state index in [1.807, 2.05) is 0 Å². The molecule has 2 rings (SSSR count). The minimum absolute atomic E-state index is 0.0756. The smallest absolute Gasteiger partial charge is 0.294 e. The van der Waals surface area contributed by atoms with Gasteiger partial charge in [-0.15, -0.1) is 0 Å². The molecular formula is C14H10F3NO. The largest absolute Gasteiger partial charge is 0.416 e. The summed E-state index contributed by atoms with van der Waals surface area (Å²) in [6.07, 6.45) is -2.75. The molecule has 0 aliphatic carbocycles. The second-order valence-corrected chi connectivity index (χ2v) is 4.00. The number of rotatable bonds is 3. The van der Waals surface area contributed by atoms with E-state index < -0.39 is 11.7 Å². The van der Waals surface area contributed by atoms with Crippen molar-refractivity contribution in [1.82, 2.24) is 4.98 Å². The number of benzene rings is 1. The first kappa shape index (κ1) is 13.3. The van der Waals surface area contributed by atoms with Crippen LogP contribution < -0.4 is 0 Å². The molecule has 0 amide bonds. The highest BCUT2D eigenvalue weighted by Crippen LogP contribution is 2.29. The van der Waals surface area contributed by atoms with Crippen LogP contribution in [0.1, 0.15) is 21.6 Å². The summed E-state index contributed by atoms with van der Waals surface area (Å²) in [5.74, 6) is -0.257. The Kier molecular flexibility index (Phi) is 3.64. The zero-order chi connectivity index (χ0) is 13.9. The van der Waals surface area contributed by atoms with E-state index in [4.69, 9.17) is 0 Å². The molecule has 0 aliphatic heterocycles. The van der Waals surface area contributed by atoms with E-state index in [9.17, 15) is 18.0 Å². The van der Waals surface area contributed by atoms with Gasteiger partial charge < -0.3 is 0 Å². The van der Waals surface area contributed by atoms with Crippen molar-refractivity contribution in [1.29, 1.82) is 0 Å². The number of hydrogen-bond donors (Lipinski definition) is 0. The minimum atomic E-state index is -4.39. The second-order valence-electron chi connectivity index (χ2n) is 4.00. The molecule has 0 fully saturated rings. The number of aromatic nitrogens is 1. The van der Waals surface area contributed by atoms with Gasteiger partial charge >= 0.3 is 6.18 Å². The van der Waals surface area contributed by atoms with Crippen LogP contribution in [0.5, 0.6) is 0 Å². The molecule has 2 aromatic rings. The van der Waals surface area contributed by atoms with E-state index in [0.717, 1.165) is 12.1 Å². The van der Waals surface area contributed by atoms with E-state index in [-0.39, 0.29) is 17.8 Å². The van der Waals surface area contributed by atoms with Gasteiger partial charge in [0.1, 0.15) is 0 Å². The van der Waals surface area contributed by atoms with E-state index in [0.29, 0.717) is 5.69 Å². The summed E-state index contributed by atoms with van der Waals surface area (Å²) < 4.78 is 37.1. The third-order valence-electron chi connectivity index (χ3n) is 2.60. The van der Waals surface area contributed by atoms with Crippen LogP contribution in [0.4, 0.5) is 13.2 Å². The van der Waals surface area contributed by atoms with Gasteiger partial charge in [-0.25, -0.2) is 0 Å². The highest BCUT2D eigenvalue weighted by molar-refractivity contribution is 5.97. The van der Waals surface area contributed by atoms with Gasteiger partial charge in [-0.2, -0.15) is 13.2 Å². The molecule has 1 aromatic carbocycles. The van der Waals surface area contributed by atoms with Crippen LogP contribution in [0.2, 0.25) is 0 Å². The summed E-state index contributed by atoms with van der Waals surface area (Å²) in [4.78, 5) is 15.9. The van der Waals surface area contributed by atoms with E-state index in [2.05, 4.69) is 4.98 Å². The van der Waals surface area contributed by atoms with Crippen molar-refractivity contribution < 1.29 is 18.0 Å². The number of carbonyl (C=O) groups excluding carboxylic acids is 1. The highest BCUT2D eigenvalue weighted by Gasteiger charge is 2.30. The van der Waals surface area contributed by atoms with Crippen LogP contribution in [0.25, 0.3) is 0 Å². The molecule has 98 valence electrons. The number of pyridine rings is 1. The molecule has 2 nitrogen and oxygen atoms in total. The first-order valence-electron chi connectivity index (χ1n) is 5.57. The van der Waals surface area contributed by atoms with Gasteiger partial charge in [0.15, 0.2) is 5.78 Å².